The zero-order valence-electron chi connectivity index (χ0n) is 10.4. The van der Waals surface area contributed by atoms with Gasteiger partial charge in [0.25, 0.3) is 0 Å². The number of nitrogens with one attached hydrogen (secondary N) is 1. The Kier molecular flexibility index (Phi) is 4.13. The predicted octanol–water partition coefficient (Wildman–Crippen LogP) is 2.53. The summed E-state index contributed by atoms with van der Waals surface area (Å²) in [5.74, 6) is -0.164. The summed E-state index contributed by atoms with van der Waals surface area (Å²) >= 11 is 6.01. The molecule has 0 saturated carbocycles. The average molecular weight is 289 g/mol. The monoisotopic (exact) mass is 288 g/mol. The minimum atomic E-state index is -0.562. The summed E-state index contributed by atoms with van der Waals surface area (Å²) in [6.45, 7) is 0. The van der Waals surface area contributed by atoms with Crippen molar-refractivity contribution in [2.45, 2.75) is 0 Å². The lowest BCUT2D eigenvalue weighted by molar-refractivity contribution is 0.0593. The fourth-order valence-electron chi connectivity index (χ4n) is 1.43. The number of aromatic nitrogens is 2. The number of anilines is 2. The highest BCUT2D eigenvalue weighted by Gasteiger charge is 2.08. The molecule has 0 spiro atoms. The van der Waals surface area contributed by atoms with Crippen LogP contribution in [-0.4, -0.2) is 23.0 Å². The molecule has 0 fully saturated rings. The molecule has 1 heterocycles. The molecule has 6 nitrogen and oxygen atoms in total. The average Bonchev–Trinajstić information content (AvgIpc) is 2.49. The highest BCUT2D eigenvalue weighted by atomic mass is 35.5. The topological polar surface area (TPSA) is 87.9 Å². The summed E-state index contributed by atoms with van der Waals surface area (Å²) in [6.07, 6.45) is 2.66. The van der Waals surface area contributed by atoms with Gasteiger partial charge < -0.3 is 10.1 Å². The molecule has 1 N–H and O–H groups in total. The van der Waals surface area contributed by atoms with Crippen LogP contribution in [0.4, 0.5) is 11.5 Å². The van der Waals surface area contributed by atoms with Crippen molar-refractivity contribution in [2.24, 2.45) is 0 Å². The van der Waals surface area contributed by atoms with Gasteiger partial charge in [-0.25, -0.2) is 14.8 Å². The SMILES string of the molecule is COC(=O)c1cnc(Nc2cc(C#N)ccc2Cl)cn1. The van der Waals surface area contributed by atoms with Crippen molar-refractivity contribution in [1.29, 1.82) is 5.26 Å². The summed E-state index contributed by atoms with van der Waals surface area (Å²) in [7, 11) is 1.27. The quantitative estimate of drug-likeness (QED) is 0.873. The van der Waals surface area contributed by atoms with Gasteiger partial charge in [-0.15, -0.1) is 0 Å². The lowest BCUT2D eigenvalue weighted by Gasteiger charge is -2.07. The van der Waals surface area contributed by atoms with Gasteiger partial charge in [0, 0.05) is 0 Å². The molecule has 0 amide bonds. The smallest absolute Gasteiger partial charge is 0.358 e. The van der Waals surface area contributed by atoms with Crippen molar-refractivity contribution >= 4 is 29.1 Å². The van der Waals surface area contributed by atoms with E-state index in [1.165, 1.54) is 19.5 Å². The van der Waals surface area contributed by atoms with Crippen molar-refractivity contribution in [3.63, 3.8) is 0 Å². The van der Waals surface area contributed by atoms with Crippen LogP contribution in [0.15, 0.2) is 30.6 Å². The van der Waals surface area contributed by atoms with Crippen molar-refractivity contribution in [3.05, 3.63) is 46.9 Å². The summed E-state index contributed by atoms with van der Waals surface area (Å²) in [4.78, 5) is 19.2. The third kappa shape index (κ3) is 3.02. The summed E-state index contributed by atoms with van der Waals surface area (Å²) < 4.78 is 4.52. The third-order valence-electron chi connectivity index (χ3n) is 2.40. The fourth-order valence-corrected chi connectivity index (χ4v) is 1.60. The Balaban J connectivity index is 2.22. The minimum Gasteiger partial charge on any atom is -0.464 e. The number of nitriles is 1. The normalized spacial score (nSPS) is 9.65. The van der Waals surface area contributed by atoms with Crippen molar-refractivity contribution in [3.8, 4) is 6.07 Å². The Labute approximate surface area is 120 Å². The van der Waals surface area contributed by atoms with Crippen LogP contribution in [0, 0.1) is 11.3 Å². The maximum Gasteiger partial charge on any atom is 0.358 e. The number of halogens is 1. The van der Waals surface area contributed by atoms with Gasteiger partial charge >= 0.3 is 5.97 Å². The maximum absolute atomic E-state index is 11.2. The molecule has 100 valence electrons. The number of hydrogen-bond acceptors (Lipinski definition) is 6. The zero-order chi connectivity index (χ0) is 14.5. The zero-order valence-corrected chi connectivity index (χ0v) is 11.2. The Bertz CT molecular complexity index is 680. The number of methoxy groups -OCH3 is 1. The van der Waals surface area contributed by atoms with Gasteiger partial charge in [0.1, 0.15) is 5.82 Å². The van der Waals surface area contributed by atoms with Crippen LogP contribution in [0.2, 0.25) is 5.02 Å². The van der Waals surface area contributed by atoms with E-state index >= 15 is 0 Å². The third-order valence-corrected chi connectivity index (χ3v) is 2.73. The molecule has 20 heavy (non-hydrogen) atoms. The molecule has 1 aromatic carbocycles. The molecule has 2 rings (SSSR count). The van der Waals surface area contributed by atoms with E-state index in [0.717, 1.165) is 0 Å². The predicted molar refractivity (Wildman–Crippen MR) is 72.8 cm³/mol. The molecule has 0 radical (unpaired) electrons. The first-order valence-corrected chi connectivity index (χ1v) is 5.89. The number of esters is 1. The first kappa shape index (κ1) is 13.8. The molecule has 2 aromatic rings. The number of rotatable bonds is 3. The lowest BCUT2D eigenvalue weighted by atomic mass is 10.2. The number of carbonyl (C=O) groups excluding carboxylic acids is 1. The number of hydrogen-bond donors (Lipinski definition) is 1. The van der Waals surface area contributed by atoms with E-state index in [-0.39, 0.29) is 5.69 Å². The molecule has 0 aliphatic carbocycles. The summed E-state index contributed by atoms with van der Waals surface area (Å²) in [6, 6.07) is 6.83. The molecule has 0 aliphatic heterocycles. The van der Waals surface area contributed by atoms with Gasteiger partial charge in [-0.3, -0.25) is 0 Å². The first-order valence-electron chi connectivity index (χ1n) is 5.51. The van der Waals surface area contributed by atoms with E-state index in [4.69, 9.17) is 16.9 Å². The van der Waals surface area contributed by atoms with E-state index in [9.17, 15) is 4.79 Å². The van der Waals surface area contributed by atoms with Crippen molar-refractivity contribution in [1.82, 2.24) is 9.97 Å². The molecule has 1 aromatic heterocycles. The van der Waals surface area contributed by atoms with Gasteiger partial charge in [0.15, 0.2) is 5.69 Å². The fraction of sp³-hybridized carbons (Fsp3) is 0.0769. The molecule has 0 aliphatic rings. The van der Waals surface area contributed by atoms with Gasteiger partial charge in [0.05, 0.1) is 41.8 Å². The number of carbonyl (C=O) groups is 1. The summed E-state index contributed by atoms with van der Waals surface area (Å²) in [5.41, 5.74) is 1.11. The van der Waals surface area contributed by atoms with E-state index in [0.29, 0.717) is 22.1 Å². The Morgan fingerprint density at radius 2 is 2.20 bits per heavy atom. The van der Waals surface area contributed by atoms with Crippen LogP contribution in [0.25, 0.3) is 0 Å². The van der Waals surface area contributed by atoms with Crippen molar-refractivity contribution < 1.29 is 9.53 Å². The van der Waals surface area contributed by atoms with E-state index in [2.05, 4.69) is 20.0 Å². The number of ether oxygens (including phenoxy) is 1. The molecule has 0 unspecified atom stereocenters. The highest BCUT2D eigenvalue weighted by Crippen LogP contribution is 2.25. The van der Waals surface area contributed by atoms with Crippen LogP contribution in [0.3, 0.4) is 0 Å². The lowest BCUT2D eigenvalue weighted by Crippen LogP contribution is -2.05. The minimum absolute atomic E-state index is 0.106. The molecule has 0 atom stereocenters. The maximum atomic E-state index is 11.2. The number of nitrogens with zero attached hydrogens (tertiary/aromatic N) is 3. The second-order valence-electron chi connectivity index (χ2n) is 3.71. The van der Waals surface area contributed by atoms with Crippen molar-refractivity contribution in [2.75, 3.05) is 12.4 Å². The molecule has 0 bridgehead atoms. The van der Waals surface area contributed by atoms with Gasteiger partial charge in [-0.2, -0.15) is 5.26 Å². The standard InChI is InChI=1S/C13H9ClN4O2/c1-20-13(19)11-6-17-12(7-16-11)18-10-4-8(5-15)2-3-9(10)14/h2-4,6-7H,1H3,(H,17,18). The van der Waals surface area contributed by atoms with E-state index < -0.39 is 5.97 Å². The molecule has 7 heteroatoms. The second-order valence-corrected chi connectivity index (χ2v) is 4.12. The molecular formula is C13H9ClN4O2. The Morgan fingerprint density at radius 1 is 1.40 bits per heavy atom. The second kappa shape index (κ2) is 5.99. The first-order chi connectivity index (χ1) is 9.63. The molecule has 0 saturated heterocycles. The van der Waals surface area contributed by atoms with Gasteiger partial charge in [0.2, 0.25) is 0 Å². The Hall–Kier alpha value is -2.65. The van der Waals surface area contributed by atoms with Gasteiger partial charge in [-0.05, 0) is 18.2 Å². The van der Waals surface area contributed by atoms with Gasteiger partial charge in [-0.1, -0.05) is 11.6 Å². The highest BCUT2D eigenvalue weighted by molar-refractivity contribution is 6.33. The van der Waals surface area contributed by atoms with Crippen LogP contribution >= 0.6 is 11.6 Å². The van der Waals surface area contributed by atoms with E-state index in [1.807, 2.05) is 6.07 Å². The summed E-state index contributed by atoms with van der Waals surface area (Å²) in [5, 5.41) is 12.2. The van der Waals surface area contributed by atoms with Crippen LogP contribution in [-0.2, 0) is 4.74 Å². The van der Waals surface area contributed by atoms with Crippen LogP contribution < -0.4 is 5.32 Å². The van der Waals surface area contributed by atoms with Crippen LogP contribution in [0.1, 0.15) is 16.1 Å². The molecular weight excluding hydrogens is 280 g/mol. The van der Waals surface area contributed by atoms with E-state index in [1.54, 1.807) is 18.2 Å². The largest absolute Gasteiger partial charge is 0.464 e. The Morgan fingerprint density at radius 3 is 2.80 bits per heavy atom. The number of benzene rings is 1. The van der Waals surface area contributed by atoms with Crippen LogP contribution in [0.5, 0.6) is 0 Å².